The second-order valence-electron chi connectivity index (χ2n) is 7.30. The number of halogens is 1. The molecule has 144 valence electrons. The number of rotatable bonds is 3. The van der Waals surface area contributed by atoms with Gasteiger partial charge in [-0.25, -0.2) is 0 Å². The summed E-state index contributed by atoms with van der Waals surface area (Å²) in [5.41, 5.74) is 4.37. The lowest BCUT2D eigenvalue weighted by atomic mass is 9.83. The van der Waals surface area contributed by atoms with E-state index in [1.54, 1.807) is 6.07 Å². The van der Waals surface area contributed by atoms with Crippen LogP contribution in [0.3, 0.4) is 0 Å². The standard InChI is InChI=1S/C20H18ClN3O4/c21-13-5-6-15-14(7-13)20(28,10-16(25)23-15)18(27)24-19(17(22)26)8-11-3-1-2-4-12(11)9-19/h1-7,28H,8-10H2,(H2,22,26)(H,23,25)(H,24,27). The van der Waals surface area contributed by atoms with Crippen LogP contribution in [0.25, 0.3) is 0 Å². The molecule has 3 amide bonds. The van der Waals surface area contributed by atoms with Crippen molar-refractivity contribution in [3.63, 3.8) is 0 Å². The number of hydrogen-bond acceptors (Lipinski definition) is 4. The number of anilines is 1. The van der Waals surface area contributed by atoms with E-state index < -0.39 is 35.3 Å². The van der Waals surface area contributed by atoms with Gasteiger partial charge in [0, 0.05) is 29.1 Å². The van der Waals surface area contributed by atoms with Crippen molar-refractivity contribution < 1.29 is 19.5 Å². The molecule has 1 aliphatic carbocycles. The van der Waals surface area contributed by atoms with Crippen molar-refractivity contribution in [1.82, 2.24) is 5.32 Å². The maximum atomic E-state index is 13.2. The van der Waals surface area contributed by atoms with Crippen molar-refractivity contribution in [2.24, 2.45) is 5.73 Å². The van der Waals surface area contributed by atoms with Gasteiger partial charge in [0.25, 0.3) is 5.91 Å². The molecule has 0 fully saturated rings. The second kappa shape index (κ2) is 6.32. The number of carbonyl (C=O) groups excluding carboxylic acids is 3. The number of nitrogens with two attached hydrogens (primary N) is 1. The molecule has 0 radical (unpaired) electrons. The van der Waals surface area contributed by atoms with Crippen molar-refractivity contribution >= 4 is 35.0 Å². The summed E-state index contributed by atoms with van der Waals surface area (Å²) in [6, 6.07) is 11.9. The highest BCUT2D eigenvalue weighted by molar-refractivity contribution is 6.30. The number of aliphatic hydroxyl groups is 1. The number of fused-ring (bicyclic) bond motifs is 2. The molecular formula is C20H18ClN3O4. The van der Waals surface area contributed by atoms with E-state index in [1.165, 1.54) is 12.1 Å². The zero-order valence-corrected chi connectivity index (χ0v) is 15.5. The van der Waals surface area contributed by atoms with Crippen LogP contribution < -0.4 is 16.4 Å². The van der Waals surface area contributed by atoms with Crippen LogP contribution in [0.5, 0.6) is 0 Å². The summed E-state index contributed by atoms with van der Waals surface area (Å²) >= 11 is 6.02. The molecular weight excluding hydrogens is 382 g/mol. The third-order valence-electron chi connectivity index (χ3n) is 5.42. The van der Waals surface area contributed by atoms with Gasteiger partial charge in [-0.05, 0) is 29.3 Å². The van der Waals surface area contributed by atoms with Gasteiger partial charge in [0.15, 0.2) is 5.60 Å². The predicted octanol–water partition coefficient (Wildman–Crippen LogP) is 1.01. The minimum Gasteiger partial charge on any atom is -0.375 e. The van der Waals surface area contributed by atoms with E-state index in [4.69, 9.17) is 17.3 Å². The van der Waals surface area contributed by atoms with Crippen LogP contribution in [-0.4, -0.2) is 28.4 Å². The van der Waals surface area contributed by atoms with E-state index in [1.807, 2.05) is 24.3 Å². The molecule has 7 nitrogen and oxygen atoms in total. The Bertz CT molecular complexity index is 997. The monoisotopic (exact) mass is 399 g/mol. The van der Waals surface area contributed by atoms with Crippen molar-refractivity contribution in [3.8, 4) is 0 Å². The molecule has 0 aromatic heterocycles. The second-order valence-corrected chi connectivity index (χ2v) is 7.73. The molecule has 0 saturated carbocycles. The third kappa shape index (κ3) is 2.83. The highest BCUT2D eigenvalue weighted by Gasteiger charge is 2.51. The van der Waals surface area contributed by atoms with Crippen LogP contribution in [-0.2, 0) is 32.8 Å². The summed E-state index contributed by atoms with van der Waals surface area (Å²) in [6.07, 6.45) is -0.0577. The molecule has 1 heterocycles. The van der Waals surface area contributed by atoms with Gasteiger partial charge < -0.3 is 21.5 Å². The minimum atomic E-state index is -2.17. The molecule has 2 aromatic rings. The van der Waals surface area contributed by atoms with Gasteiger partial charge in [-0.1, -0.05) is 35.9 Å². The first-order chi connectivity index (χ1) is 13.2. The zero-order valence-electron chi connectivity index (χ0n) is 14.8. The maximum absolute atomic E-state index is 13.2. The topological polar surface area (TPSA) is 122 Å². The maximum Gasteiger partial charge on any atom is 0.258 e. The molecule has 1 unspecified atom stereocenters. The Morgan fingerprint density at radius 1 is 1.11 bits per heavy atom. The number of carbonyl (C=O) groups is 3. The van der Waals surface area contributed by atoms with E-state index in [9.17, 15) is 19.5 Å². The van der Waals surface area contributed by atoms with E-state index in [2.05, 4.69) is 10.6 Å². The van der Waals surface area contributed by atoms with Crippen LogP contribution in [0.4, 0.5) is 5.69 Å². The summed E-state index contributed by atoms with van der Waals surface area (Å²) in [5.74, 6) is -2.08. The van der Waals surface area contributed by atoms with Crippen LogP contribution in [0.1, 0.15) is 23.1 Å². The molecule has 4 rings (SSSR count). The number of benzene rings is 2. The van der Waals surface area contributed by atoms with Gasteiger partial charge in [-0.15, -0.1) is 0 Å². The largest absolute Gasteiger partial charge is 0.375 e. The lowest BCUT2D eigenvalue weighted by Gasteiger charge is -2.36. The summed E-state index contributed by atoms with van der Waals surface area (Å²) in [6.45, 7) is 0. The Morgan fingerprint density at radius 2 is 1.75 bits per heavy atom. The van der Waals surface area contributed by atoms with Crippen molar-refractivity contribution in [2.75, 3.05) is 5.32 Å². The first-order valence-corrected chi connectivity index (χ1v) is 9.13. The van der Waals surface area contributed by atoms with Crippen LogP contribution in [0.15, 0.2) is 42.5 Å². The van der Waals surface area contributed by atoms with Gasteiger partial charge >= 0.3 is 0 Å². The minimum absolute atomic E-state index is 0.173. The molecule has 1 atom stereocenters. The summed E-state index contributed by atoms with van der Waals surface area (Å²) < 4.78 is 0. The SMILES string of the molecule is NC(=O)C1(NC(=O)C2(O)CC(=O)Nc3ccc(Cl)cc32)Cc2ccccc2C1. The van der Waals surface area contributed by atoms with Crippen LogP contribution >= 0.6 is 11.6 Å². The van der Waals surface area contributed by atoms with Crippen molar-refractivity contribution in [2.45, 2.75) is 30.4 Å². The van der Waals surface area contributed by atoms with Gasteiger partial charge in [-0.2, -0.15) is 0 Å². The van der Waals surface area contributed by atoms with Gasteiger partial charge in [0.05, 0.1) is 6.42 Å². The average Bonchev–Trinajstić information content (AvgIpc) is 3.02. The number of nitrogens with one attached hydrogen (secondary N) is 2. The zero-order chi connectivity index (χ0) is 20.1. The van der Waals surface area contributed by atoms with Crippen molar-refractivity contribution in [1.29, 1.82) is 0 Å². The van der Waals surface area contributed by atoms with Gasteiger partial charge in [0.1, 0.15) is 5.54 Å². The number of primary amides is 1. The summed E-state index contributed by atoms with van der Waals surface area (Å²) in [4.78, 5) is 37.6. The quantitative estimate of drug-likeness (QED) is 0.615. The van der Waals surface area contributed by atoms with Gasteiger partial charge in [0.2, 0.25) is 11.8 Å². The molecule has 0 spiro atoms. The van der Waals surface area contributed by atoms with Crippen LogP contribution in [0.2, 0.25) is 5.02 Å². The summed E-state index contributed by atoms with van der Waals surface area (Å²) in [5, 5.41) is 16.7. The Kier molecular flexibility index (Phi) is 4.17. The van der Waals surface area contributed by atoms with Gasteiger partial charge in [-0.3, -0.25) is 14.4 Å². The van der Waals surface area contributed by atoms with Crippen molar-refractivity contribution in [3.05, 3.63) is 64.2 Å². The van der Waals surface area contributed by atoms with Crippen LogP contribution in [0, 0.1) is 0 Å². The predicted molar refractivity (Wildman–Crippen MR) is 103 cm³/mol. The average molecular weight is 400 g/mol. The Morgan fingerprint density at radius 3 is 2.36 bits per heavy atom. The molecule has 8 heteroatoms. The van der Waals surface area contributed by atoms with E-state index in [0.29, 0.717) is 10.7 Å². The molecule has 2 aromatic carbocycles. The highest BCUT2D eigenvalue weighted by atomic mass is 35.5. The normalized spacial score (nSPS) is 22.0. The van der Waals surface area contributed by atoms with E-state index >= 15 is 0 Å². The smallest absolute Gasteiger partial charge is 0.258 e. The molecule has 0 saturated heterocycles. The Balaban J connectivity index is 1.71. The van der Waals surface area contributed by atoms with E-state index in [0.717, 1.165) is 11.1 Å². The Labute approximate surface area is 165 Å². The Hall–Kier alpha value is -2.90. The summed E-state index contributed by atoms with van der Waals surface area (Å²) in [7, 11) is 0. The lowest BCUT2D eigenvalue weighted by Crippen LogP contribution is -2.63. The highest BCUT2D eigenvalue weighted by Crippen LogP contribution is 2.39. The molecule has 0 bridgehead atoms. The third-order valence-corrected chi connectivity index (χ3v) is 5.66. The molecule has 2 aliphatic rings. The fraction of sp³-hybridized carbons (Fsp3) is 0.250. The van der Waals surface area contributed by atoms with E-state index in [-0.39, 0.29) is 18.4 Å². The first-order valence-electron chi connectivity index (χ1n) is 8.75. The lowest BCUT2D eigenvalue weighted by molar-refractivity contribution is -0.149. The molecule has 28 heavy (non-hydrogen) atoms. The number of hydrogen-bond donors (Lipinski definition) is 4. The molecule has 1 aliphatic heterocycles. The fourth-order valence-corrected chi connectivity index (χ4v) is 4.12. The molecule has 5 N–H and O–H groups in total. The first kappa shape index (κ1) is 18.5. The fourth-order valence-electron chi connectivity index (χ4n) is 3.95. The number of amides is 3.